The van der Waals surface area contributed by atoms with E-state index in [0.717, 1.165) is 43.4 Å². The molecular formula is C29H29ClFNO3. The molecule has 0 amide bonds. The van der Waals surface area contributed by atoms with Crippen molar-refractivity contribution in [2.45, 2.75) is 69.8 Å². The number of carbonyl (C=O) groups is 2. The molecule has 1 saturated carbocycles. The first-order valence-electron chi connectivity index (χ1n) is 12.4. The van der Waals surface area contributed by atoms with Crippen molar-refractivity contribution in [3.8, 4) is 0 Å². The van der Waals surface area contributed by atoms with Crippen LogP contribution >= 0.6 is 11.6 Å². The highest BCUT2D eigenvalue weighted by molar-refractivity contribution is 6.30. The second kappa shape index (κ2) is 9.98. The van der Waals surface area contributed by atoms with Gasteiger partial charge in [-0.05, 0) is 80.3 Å². The quantitative estimate of drug-likeness (QED) is 0.480. The second-order valence-electron chi connectivity index (χ2n) is 9.79. The van der Waals surface area contributed by atoms with E-state index in [-0.39, 0.29) is 23.6 Å². The van der Waals surface area contributed by atoms with E-state index in [2.05, 4.69) is 5.32 Å². The maximum absolute atomic E-state index is 13.8. The average molecular weight is 494 g/mol. The molecule has 2 aromatic rings. The van der Waals surface area contributed by atoms with Gasteiger partial charge in [0.2, 0.25) is 0 Å². The van der Waals surface area contributed by atoms with Gasteiger partial charge < -0.3 is 10.1 Å². The molecule has 182 valence electrons. The lowest BCUT2D eigenvalue weighted by atomic mass is 9.71. The van der Waals surface area contributed by atoms with Gasteiger partial charge in [-0.2, -0.15) is 0 Å². The zero-order valence-electron chi connectivity index (χ0n) is 19.8. The number of nitrogens with one attached hydrogen (secondary N) is 1. The number of esters is 1. The first kappa shape index (κ1) is 23.8. The minimum absolute atomic E-state index is 0.0107. The summed E-state index contributed by atoms with van der Waals surface area (Å²) in [5.41, 5.74) is 4.31. The summed E-state index contributed by atoms with van der Waals surface area (Å²) in [4.78, 5) is 27.1. The van der Waals surface area contributed by atoms with E-state index < -0.39 is 11.9 Å². The van der Waals surface area contributed by atoms with Crippen LogP contribution in [0.3, 0.4) is 0 Å². The molecule has 0 radical (unpaired) electrons. The number of ketones is 1. The van der Waals surface area contributed by atoms with E-state index in [1.54, 1.807) is 12.1 Å². The fourth-order valence-electron chi connectivity index (χ4n) is 5.67. The molecule has 0 saturated heterocycles. The summed E-state index contributed by atoms with van der Waals surface area (Å²) in [6.45, 7) is 1.86. The maximum Gasteiger partial charge on any atom is 0.337 e. The highest BCUT2D eigenvalue weighted by Crippen LogP contribution is 2.46. The van der Waals surface area contributed by atoms with Crippen LogP contribution in [-0.2, 0) is 14.3 Å². The zero-order valence-corrected chi connectivity index (χ0v) is 20.5. The van der Waals surface area contributed by atoms with Crippen LogP contribution in [-0.4, -0.2) is 17.9 Å². The van der Waals surface area contributed by atoms with Gasteiger partial charge in [0.05, 0.1) is 5.57 Å². The number of dihydropyridines is 1. The number of ether oxygens (including phenoxy) is 1. The van der Waals surface area contributed by atoms with E-state index in [1.807, 2.05) is 31.2 Å². The molecule has 1 heterocycles. The van der Waals surface area contributed by atoms with Gasteiger partial charge in [0, 0.05) is 34.3 Å². The third-order valence-electron chi connectivity index (χ3n) is 7.42. The highest BCUT2D eigenvalue weighted by atomic mass is 35.5. The molecule has 5 rings (SSSR count). The Hall–Kier alpha value is -2.92. The summed E-state index contributed by atoms with van der Waals surface area (Å²) in [6.07, 6.45) is 5.87. The van der Waals surface area contributed by atoms with E-state index in [0.29, 0.717) is 40.3 Å². The number of halogens is 2. The molecule has 0 bridgehead atoms. The monoisotopic (exact) mass is 493 g/mol. The van der Waals surface area contributed by atoms with E-state index in [9.17, 15) is 14.0 Å². The number of carbonyl (C=O) groups excluding carboxylic acids is 2. The normalized spacial score (nSPS) is 23.1. The maximum atomic E-state index is 13.8. The van der Waals surface area contributed by atoms with Gasteiger partial charge in [0.15, 0.2) is 5.78 Å². The van der Waals surface area contributed by atoms with Crippen molar-refractivity contribution in [3.63, 3.8) is 0 Å². The third-order valence-corrected chi connectivity index (χ3v) is 7.67. The Balaban J connectivity index is 1.51. The van der Waals surface area contributed by atoms with Gasteiger partial charge in [-0.25, -0.2) is 9.18 Å². The van der Waals surface area contributed by atoms with Crippen LogP contribution in [0.4, 0.5) is 4.39 Å². The lowest BCUT2D eigenvalue weighted by Gasteiger charge is -2.37. The lowest BCUT2D eigenvalue weighted by molar-refractivity contribution is -0.146. The number of hydrogen-bond donors (Lipinski definition) is 1. The summed E-state index contributed by atoms with van der Waals surface area (Å²) >= 11 is 6.06. The topological polar surface area (TPSA) is 55.4 Å². The molecule has 0 unspecified atom stereocenters. The fourth-order valence-corrected chi connectivity index (χ4v) is 5.79. The Labute approximate surface area is 210 Å². The van der Waals surface area contributed by atoms with Crippen LogP contribution in [0.25, 0.3) is 0 Å². The van der Waals surface area contributed by atoms with Crippen molar-refractivity contribution in [2.24, 2.45) is 0 Å². The summed E-state index contributed by atoms with van der Waals surface area (Å²) < 4.78 is 19.7. The van der Waals surface area contributed by atoms with Gasteiger partial charge in [-0.3, -0.25) is 4.79 Å². The molecule has 1 N–H and O–H groups in total. The van der Waals surface area contributed by atoms with Crippen molar-refractivity contribution in [1.82, 2.24) is 5.32 Å². The predicted octanol–water partition coefficient (Wildman–Crippen LogP) is 6.72. The standard InChI is InChI=1S/C29H29ClFNO3/c1-17-26(29(34)35-23-5-3-2-4-6-23)27(19-9-13-22(31)14-10-19)28-24(32-17)15-20(16-25(28)33)18-7-11-21(30)12-8-18/h7-14,20,23,27,32H,2-6,15-16H2,1H3/t20-,27-/m1/s1. The Kier molecular flexibility index (Phi) is 6.79. The predicted molar refractivity (Wildman–Crippen MR) is 133 cm³/mol. The van der Waals surface area contributed by atoms with Gasteiger partial charge in [-0.15, -0.1) is 0 Å². The minimum Gasteiger partial charge on any atom is -0.459 e. The molecule has 2 aromatic carbocycles. The number of hydrogen-bond acceptors (Lipinski definition) is 4. The van der Waals surface area contributed by atoms with Crippen molar-refractivity contribution in [1.29, 1.82) is 0 Å². The Morgan fingerprint density at radius 3 is 2.31 bits per heavy atom. The second-order valence-corrected chi connectivity index (χ2v) is 10.2. The summed E-state index contributed by atoms with van der Waals surface area (Å²) in [5, 5.41) is 4.03. The first-order valence-corrected chi connectivity index (χ1v) is 12.7. The number of Topliss-reactive ketones (excluding diaryl/α,β-unsaturated/α-hetero) is 1. The molecule has 0 spiro atoms. The minimum atomic E-state index is -0.582. The SMILES string of the molecule is CC1=C(C(=O)OC2CCCCC2)[C@@H](c2ccc(F)cc2)C2=C(C[C@@H](c3ccc(Cl)cc3)CC2=O)N1. The van der Waals surface area contributed by atoms with Crippen molar-refractivity contribution in [2.75, 3.05) is 0 Å². The summed E-state index contributed by atoms with van der Waals surface area (Å²) in [6, 6.07) is 13.7. The van der Waals surface area contributed by atoms with Gasteiger partial charge in [0.25, 0.3) is 0 Å². The molecule has 3 aliphatic rings. The van der Waals surface area contributed by atoms with Crippen molar-refractivity contribution in [3.05, 3.63) is 93.0 Å². The molecule has 0 aromatic heterocycles. The van der Waals surface area contributed by atoms with Gasteiger partial charge in [0.1, 0.15) is 11.9 Å². The summed E-state index contributed by atoms with van der Waals surface area (Å²) in [5.74, 6) is -1.33. The number of benzene rings is 2. The van der Waals surface area contributed by atoms with Crippen molar-refractivity contribution < 1.29 is 18.7 Å². The molecule has 6 heteroatoms. The number of allylic oxidation sites excluding steroid dienone is 3. The van der Waals surface area contributed by atoms with E-state index >= 15 is 0 Å². The highest BCUT2D eigenvalue weighted by Gasteiger charge is 2.41. The van der Waals surface area contributed by atoms with Gasteiger partial charge in [-0.1, -0.05) is 42.3 Å². The largest absolute Gasteiger partial charge is 0.459 e. The smallest absolute Gasteiger partial charge is 0.337 e. The molecule has 2 atom stereocenters. The van der Waals surface area contributed by atoms with Crippen LogP contribution in [0.5, 0.6) is 0 Å². The third kappa shape index (κ3) is 4.92. The first-order chi connectivity index (χ1) is 16.9. The van der Waals surface area contributed by atoms with Crippen LogP contribution in [0.1, 0.15) is 74.8 Å². The lowest BCUT2D eigenvalue weighted by Crippen LogP contribution is -2.37. The van der Waals surface area contributed by atoms with Crippen LogP contribution in [0, 0.1) is 5.82 Å². The van der Waals surface area contributed by atoms with E-state index in [4.69, 9.17) is 16.3 Å². The molecule has 1 aliphatic heterocycles. The van der Waals surface area contributed by atoms with Crippen LogP contribution in [0.2, 0.25) is 5.02 Å². The fraction of sp³-hybridized carbons (Fsp3) is 0.379. The Morgan fingerprint density at radius 2 is 1.63 bits per heavy atom. The van der Waals surface area contributed by atoms with Crippen LogP contribution < -0.4 is 5.32 Å². The Bertz CT molecular complexity index is 1190. The molecule has 1 fully saturated rings. The van der Waals surface area contributed by atoms with Crippen molar-refractivity contribution >= 4 is 23.4 Å². The van der Waals surface area contributed by atoms with Crippen LogP contribution in [0.15, 0.2) is 71.1 Å². The average Bonchev–Trinajstić information content (AvgIpc) is 2.84. The molecular weight excluding hydrogens is 465 g/mol. The zero-order chi connectivity index (χ0) is 24.5. The summed E-state index contributed by atoms with van der Waals surface area (Å²) in [7, 11) is 0. The Morgan fingerprint density at radius 1 is 0.971 bits per heavy atom. The molecule has 2 aliphatic carbocycles. The van der Waals surface area contributed by atoms with E-state index in [1.165, 1.54) is 12.1 Å². The number of rotatable bonds is 4. The van der Waals surface area contributed by atoms with Gasteiger partial charge >= 0.3 is 5.97 Å². The molecule has 4 nitrogen and oxygen atoms in total. The molecule has 35 heavy (non-hydrogen) atoms.